The van der Waals surface area contributed by atoms with Crippen LogP contribution in [0.3, 0.4) is 0 Å². The number of nitrogen functional groups attached to an aromatic ring is 1. The van der Waals surface area contributed by atoms with Gasteiger partial charge >= 0.3 is 0 Å². The molecule has 0 unspecified atom stereocenters. The van der Waals surface area contributed by atoms with Crippen LogP contribution in [0.1, 0.15) is 39.9 Å². The van der Waals surface area contributed by atoms with E-state index in [9.17, 15) is 14.4 Å². The number of hydrogen-bond donors (Lipinski definition) is 3. The van der Waals surface area contributed by atoms with Gasteiger partial charge in [0.25, 0.3) is 11.8 Å². The van der Waals surface area contributed by atoms with E-state index < -0.39 is 17.9 Å². The van der Waals surface area contributed by atoms with Crippen LogP contribution in [0.15, 0.2) is 18.2 Å². The lowest BCUT2D eigenvalue weighted by atomic mass is 10.1. The number of nitrogens with zero attached hydrogens (tertiary/aromatic N) is 2. The zero-order valence-electron chi connectivity index (χ0n) is 18.0. The first-order chi connectivity index (χ1) is 15.9. The van der Waals surface area contributed by atoms with Crippen LogP contribution in [0.2, 0.25) is 0 Å². The molecule has 2 aliphatic heterocycles. The number of ether oxygens (including phenoxy) is 3. The fraction of sp³-hybridized carbons (Fsp3) is 0.429. The topological polar surface area (TPSA) is 159 Å². The molecule has 1 fully saturated rings. The maximum atomic E-state index is 13.6. The van der Waals surface area contributed by atoms with E-state index in [1.807, 2.05) is 0 Å². The summed E-state index contributed by atoms with van der Waals surface area (Å²) in [6.07, 6.45) is 1.77. The maximum absolute atomic E-state index is 13.6. The van der Waals surface area contributed by atoms with E-state index in [4.69, 9.17) is 25.7 Å². The van der Waals surface area contributed by atoms with Gasteiger partial charge in [0.05, 0.1) is 11.8 Å². The lowest BCUT2D eigenvalue weighted by Crippen LogP contribution is -2.49. The van der Waals surface area contributed by atoms with Gasteiger partial charge in [-0.05, 0) is 43.4 Å². The van der Waals surface area contributed by atoms with Gasteiger partial charge in [-0.2, -0.15) is 4.37 Å². The number of carbonyl (C=O) groups is 3. The Labute approximate surface area is 194 Å². The summed E-state index contributed by atoms with van der Waals surface area (Å²) in [5, 5.41) is 2.85. The van der Waals surface area contributed by atoms with Gasteiger partial charge in [0.15, 0.2) is 17.2 Å². The van der Waals surface area contributed by atoms with Crippen molar-refractivity contribution in [3.63, 3.8) is 0 Å². The van der Waals surface area contributed by atoms with E-state index in [-0.39, 0.29) is 28.3 Å². The Morgan fingerprint density at radius 2 is 2.00 bits per heavy atom. The second-order valence-electron chi connectivity index (χ2n) is 7.70. The number of nitrogens with one attached hydrogen (secondary N) is 1. The first-order valence-electron chi connectivity index (χ1n) is 10.5. The molecule has 2 aliphatic rings. The number of rotatable bonds is 7. The Morgan fingerprint density at radius 1 is 1.24 bits per heavy atom. The first-order valence-corrected chi connectivity index (χ1v) is 11.3. The van der Waals surface area contributed by atoms with Gasteiger partial charge < -0.3 is 31.0 Å². The second-order valence-corrected chi connectivity index (χ2v) is 8.47. The molecule has 2 aromatic rings. The molecule has 2 atom stereocenters. The van der Waals surface area contributed by atoms with Crippen LogP contribution >= 0.6 is 11.5 Å². The van der Waals surface area contributed by atoms with Crippen LogP contribution in [0.4, 0.5) is 11.4 Å². The number of primary amides is 1. The summed E-state index contributed by atoms with van der Waals surface area (Å²) in [6, 6.07) is 4.04. The molecule has 3 heterocycles. The number of carbonyl (C=O) groups excluding carboxylic acids is 3. The van der Waals surface area contributed by atoms with Crippen molar-refractivity contribution in [3.8, 4) is 11.5 Å². The van der Waals surface area contributed by atoms with Gasteiger partial charge in [0.2, 0.25) is 5.91 Å². The molecule has 0 aliphatic carbocycles. The number of nitrogens with two attached hydrogens (primary N) is 2. The van der Waals surface area contributed by atoms with Gasteiger partial charge in [-0.25, -0.2) is 0 Å². The fourth-order valence-corrected chi connectivity index (χ4v) is 4.46. The van der Waals surface area contributed by atoms with Crippen LogP contribution in [0.5, 0.6) is 11.5 Å². The third kappa shape index (κ3) is 4.71. The second kappa shape index (κ2) is 9.63. The highest BCUT2D eigenvalue weighted by Gasteiger charge is 2.33. The van der Waals surface area contributed by atoms with E-state index in [1.165, 1.54) is 4.90 Å². The molecule has 11 nitrogen and oxygen atoms in total. The molecule has 1 saturated heterocycles. The number of amides is 3. The standard InChI is InChI=1S/C21H25N5O6S/c1-11(20(28)24-10-13-3-2-6-30-13)26(12-4-5-14-15(9-12)32-8-7-31-14)21(29)18-16(22)17(19(23)27)25-33-18/h4-5,9,11,13H,2-3,6-8,10,22H2,1H3,(H2,23,27)(H,24,28)/t11-,13+/m1/s1. The van der Waals surface area contributed by atoms with Gasteiger partial charge in [0, 0.05) is 24.9 Å². The quantitative estimate of drug-likeness (QED) is 0.533. The highest BCUT2D eigenvalue weighted by atomic mass is 32.1. The predicted molar refractivity (Wildman–Crippen MR) is 121 cm³/mol. The molecule has 33 heavy (non-hydrogen) atoms. The summed E-state index contributed by atoms with van der Waals surface area (Å²) < 4.78 is 20.7. The normalized spacial score (nSPS) is 17.9. The van der Waals surface area contributed by atoms with Crippen molar-refractivity contribution >= 4 is 40.6 Å². The summed E-state index contributed by atoms with van der Waals surface area (Å²) in [5.41, 5.74) is 11.4. The number of hydrogen-bond acceptors (Lipinski definition) is 9. The van der Waals surface area contributed by atoms with E-state index in [0.29, 0.717) is 43.6 Å². The molecular weight excluding hydrogens is 450 g/mol. The van der Waals surface area contributed by atoms with Crippen LogP contribution in [-0.2, 0) is 9.53 Å². The molecule has 5 N–H and O–H groups in total. The molecule has 0 radical (unpaired) electrons. The average molecular weight is 476 g/mol. The zero-order valence-corrected chi connectivity index (χ0v) is 18.9. The molecule has 176 valence electrons. The van der Waals surface area contributed by atoms with Crippen LogP contribution in [-0.4, -0.2) is 60.6 Å². The molecule has 1 aromatic heterocycles. The molecule has 12 heteroatoms. The summed E-state index contributed by atoms with van der Waals surface area (Å²) in [7, 11) is 0. The third-order valence-corrected chi connectivity index (χ3v) is 6.32. The van der Waals surface area contributed by atoms with Gasteiger partial charge in [-0.3, -0.25) is 19.3 Å². The molecule has 4 rings (SSSR count). The van der Waals surface area contributed by atoms with E-state index in [0.717, 1.165) is 24.4 Å². The van der Waals surface area contributed by atoms with Crippen molar-refractivity contribution in [2.24, 2.45) is 5.73 Å². The highest BCUT2D eigenvalue weighted by molar-refractivity contribution is 7.09. The molecule has 0 spiro atoms. The lowest BCUT2D eigenvalue weighted by molar-refractivity contribution is -0.122. The Kier molecular flexibility index (Phi) is 6.65. The monoisotopic (exact) mass is 475 g/mol. The SMILES string of the molecule is C[C@H](C(=O)NC[C@@H]1CCCO1)N(C(=O)c1snc(C(N)=O)c1N)c1ccc2c(c1)OCCO2. The number of aromatic nitrogens is 1. The molecule has 0 saturated carbocycles. The van der Waals surface area contributed by atoms with E-state index in [1.54, 1.807) is 25.1 Å². The average Bonchev–Trinajstić information content (AvgIpc) is 3.47. The summed E-state index contributed by atoms with van der Waals surface area (Å²) in [5.74, 6) is -0.795. The Morgan fingerprint density at radius 3 is 2.67 bits per heavy atom. The van der Waals surface area contributed by atoms with Crippen molar-refractivity contribution < 1.29 is 28.6 Å². The van der Waals surface area contributed by atoms with Crippen molar-refractivity contribution in [1.82, 2.24) is 9.69 Å². The first kappa shape index (κ1) is 22.8. The number of benzene rings is 1. The zero-order chi connectivity index (χ0) is 23.5. The third-order valence-electron chi connectivity index (χ3n) is 5.47. The highest BCUT2D eigenvalue weighted by Crippen LogP contribution is 2.36. The van der Waals surface area contributed by atoms with Crippen LogP contribution in [0.25, 0.3) is 0 Å². The van der Waals surface area contributed by atoms with Gasteiger partial charge in [-0.1, -0.05) is 0 Å². The molecular formula is C21H25N5O6S. The Hall–Kier alpha value is -3.38. The summed E-state index contributed by atoms with van der Waals surface area (Å²) in [4.78, 5) is 39.4. The van der Waals surface area contributed by atoms with E-state index in [2.05, 4.69) is 9.69 Å². The Bertz CT molecular complexity index is 1070. The van der Waals surface area contributed by atoms with Gasteiger partial charge in [0.1, 0.15) is 24.1 Å². The van der Waals surface area contributed by atoms with E-state index >= 15 is 0 Å². The number of fused-ring (bicyclic) bond motifs is 1. The molecule has 3 amide bonds. The minimum Gasteiger partial charge on any atom is -0.486 e. The fourth-order valence-electron chi connectivity index (χ4n) is 3.72. The number of anilines is 2. The smallest absolute Gasteiger partial charge is 0.272 e. The molecule has 1 aromatic carbocycles. The van der Waals surface area contributed by atoms with Crippen LogP contribution < -0.4 is 31.2 Å². The van der Waals surface area contributed by atoms with Crippen molar-refractivity contribution in [1.29, 1.82) is 0 Å². The summed E-state index contributed by atoms with van der Waals surface area (Å²) >= 11 is 0.753. The van der Waals surface area contributed by atoms with Crippen molar-refractivity contribution in [2.75, 3.05) is 37.0 Å². The predicted octanol–water partition coefficient (Wildman–Crippen LogP) is 0.926. The minimum absolute atomic E-state index is 0.0115. The van der Waals surface area contributed by atoms with Crippen LogP contribution in [0, 0.1) is 0 Å². The largest absolute Gasteiger partial charge is 0.486 e. The summed E-state index contributed by atoms with van der Waals surface area (Å²) in [6.45, 7) is 3.41. The van der Waals surface area contributed by atoms with Crippen molar-refractivity contribution in [3.05, 3.63) is 28.8 Å². The lowest BCUT2D eigenvalue weighted by Gasteiger charge is -2.30. The van der Waals surface area contributed by atoms with Gasteiger partial charge in [-0.15, -0.1) is 0 Å². The maximum Gasteiger partial charge on any atom is 0.272 e. The Balaban J connectivity index is 1.65. The molecule has 0 bridgehead atoms. The van der Waals surface area contributed by atoms with Crippen molar-refractivity contribution in [2.45, 2.75) is 31.9 Å². The minimum atomic E-state index is -0.917.